The summed E-state index contributed by atoms with van der Waals surface area (Å²) in [5.74, 6) is 0. The summed E-state index contributed by atoms with van der Waals surface area (Å²) >= 11 is 0. The molecule has 0 fully saturated rings. The molecule has 0 saturated carbocycles. The smallest absolute Gasteiger partial charge is 0.0953 e. The molecule has 0 amide bonds. The number of aromatic nitrogens is 4. The predicted molar refractivity (Wildman–Crippen MR) is 66.5 cm³/mol. The number of imidazole rings is 1. The maximum atomic E-state index is 4.36. The summed E-state index contributed by atoms with van der Waals surface area (Å²) in [4.78, 5) is 4.36. The molecule has 0 unspecified atom stereocenters. The number of hydrogen-bond acceptors (Lipinski definition) is 3. The monoisotopic (exact) mass is 233 g/mol. The van der Waals surface area contributed by atoms with E-state index in [1.165, 1.54) is 5.56 Å². The minimum absolute atomic E-state index is 0.828. The fourth-order valence-corrected chi connectivity index (χ4v) is 1.74. The third-order valence-corrected chi connectivity index (χ3v) is 2.54. The molecular weight excluding hydrogens is 214 g/mol. The van der Waals surface area contributed by atoms with Crippen molar-refractivity contribution in [3.63, 3.8) is 0 Å². The van der Waals surface area contributed by atoms with Crippen LogP contribution >= 0.6 is 0 Å². The Bertz CT molecular complexity index is 457. The topological polar surface area (TPSA) is 47.7 Å². The summed E-state index contributed by atoms with van der Waals surface area (Å²) < 4.78 is 3.90. The van der Waals surface area contributed by atoms with Gasteiger partial charge in [0.25, 0.3) is 0 Å². The van der Waals surface area contributed by atoms with Gasteiger partial charge in [-0.3, -0.25) is 4.68 Å². The van der Waals surface area contributed by atoms with E-state index in [-0.39, 0.29) is 0 Å². The van der Waals surface area contributed by atoms with Crippen molar-refractivity contribution < 1.29 is 0 Å². The van der Waals surface area contributed by atoms with E-state index in [0.717, 1.165) is 31.7 Å². The molecule has 92 valence electrons. The van der Waals surface area contributed by atoms with Crippen LogP contribution in [0.1, 0.15) is 24.6 Å². The Morgan fingerprint density at radius 3 is 2.94 bits per heavy atom. The van der Waals surface area contributed by atoms with Gasteiger partial charge < -0.3 is 9.88 Å². The van der Waals surface area contributed by atoms with Crippen molar-refractivity contribution in [1.29, 1.82) is 0 Å². The lowest BCUT2D eigenvalue weighted by Gasteiger charge is -1.99. The first-order chi connectivity index (χ1) is 8.28. The van der Waals surface area contributed by atoms with Gasteiger partial charge in [-0.05, 0) is 13.0 Å². The second-order valence-corrected chi connectivity index (χ2v) is 4.24. The van der Waals surface area contributed by atoms with Gasteiger partial charge in [0.1, 0.15) is 0 Å². The highest BCUT2D eigenvalue weighted by Gasteiger charge is 2.00. The molecule has 0 aliphatic rings. The summed E-state index contributed by atoms with van der Waals surface area (Å²) in [7, 11) is 1.93. The van der Waals surface area contributed by atoms with Crippen molar-refractivity contribution in [3.05, 3.63) is 36.2 Å². The minimum atomic E-state index is 0.828. The van der Waals surface area contributed by atoms with Gasteiger partial charge in [-0.15, -0.1) is 0 Å². The molecule has 0 saturated heterocycles. The molecule has 2 heterocycles. The molecule has 0 aromatic carbocycles. The van der Waals surface area contributed by atoms with Gasteiger partial charge in [0.15, 0.2) is 0 Å². The quantitative estimate of drug-likeness (QED) is 0.762. The highest BCUT2D eigenvalue weighted by atomic mass is 15.2. The molecule has 0 spiro atoms. The van der Waals surface area contributed by atoms with Gasteiger partial charge in [0.05, 0.1) is 24.8 Å². The Hall–Kier alpha value is -1.62. The van der Waals surface area contributed by atoms with Crippen LogP contribution in [0.2, 0.25) is 0 Å². The second-order valence-electron chi connectivity index (χ2n) is 4.24. The number of hydrogen-bond donors (Lipinski definition) is 1. The van der Waals surface area contributed by atoms with Crippen LogP contribution in [-0.2, 0) is 20.1 Å². The van der Waals surface area contributed by atoms with Crippen LogP contribution in [0.5, 0.6) is 0 Å². The highest BCUT2D eigenvalue weighted by molar-refractivity contribution is 5.06. The van der Waals surface area contributed by atoms with Crippen molar-refractivity contribution in [3.8, 4) is 0 Å². The molecule has 17 heavy (non-hydrogen) atoms. The van der Waals surface area contributed by atoms with Gasteiger partial charge in [0.2, 0.25) is 0 Å². The van der Waals surface area contributed by atoms with Crippen LogP contribution < -0.4 is 5.32 Å². The van der Waals surface area contributed by atoms with Crippen LogP contribution in [-0.4, -0.2) is 25.9 Å². The molecular formula is C12H19N5. The van der Waals surface area contributed by atoms with Gasteiger partial charge in [-0.25, -0.2) is 4.98 Å². The molecule has 1 N–H and O–H groups in total. The van der Waals surface area contributed by atoms with Crippen LogP contribution in [0.25, 0.3) is 0 Å². The van der Waals surface area contributed by atoms with Crippen LogP contribution in [0.15, 0.2) is 24.9 Å². The molecule has 5 nitrogen and oxygen atoms in total. The van der Waals surface area contributed by atoms with E-state index in [1.54, 1.807) is 0 Å². The van der Waals surface area contributed by atoms with E-state index >= 15 is 0 Å². The van der Waals surface area contributed by atoms with Crippen molar-refractivity contribution in [2.75, 3.05) is 6.54 Å². The number of aryl methyl sites for hydroxylation is 1. The summed E-state index contributed by atoms with van der Waals surface area (Å²) in [5.41, 5.74) is 2.28. The Balaban J connectivity index is 1.89. The van der Waals surface area contributed by atoms with E-state index in [2.05, 4.69) is 33.1 Å². The highest BCUT2D eigenvalue weighted by Crippen LogP contribution is 2.02. The molecule has 0 aliphatic heterocycles. The Kier molecular flexibility index (Phi) is 3.93. The maximum Gasteiger partial charge on any atom is 0.0953 e. The first-order valence-corrected chi connectivity index (χ1v) is 5.97. The molecule has 2 aromatic heterocycles. The van der Waals surface area contributed by atoms with Crippen LogP contribution in [0.4, 0.5) is 0 Å². The molecule has 0 atom stereocenters. The average Bonchev–Trinajstić information content (AvgIpc) is 2.90. The third-order valence-electron chi connectivity index (χ3n) is 2.54. The first kappa shape index (κ1) is 11.9. The zero-order chi connectivity index (χ0) is 12.1. The summed E-state index contributed by atoms with van der Waals surface area (Å²) in [6.45, 7) is 4.87. The van der Waals surface area contributed by atoms with Crippen LogP contribution in [0.3, 0.4) is 0 Å². The molecule has 2 aromatic rings. The minimum Gasteiger partial charge on any atom is -0.333 e. The fourth-order valence-electron chi connectivity index (χ4n) is 1.74. The third kappa shape index (κ3) is 3.42. The van der Waals surface area contributed by atoms with Gasteiger partial charge in [-0.1, -0.05) is 6.92 Å². The molecule has 5 heteroatoms. The van der Waals surface area contributed by atoms with E-state index in [1.807, 2.05) is 30.5 Å². The van der Waals surface area contributed by atoms with Gasteiger partial charge in [-0.2, -0.15) is 5.10 Å². The normalized spacial score (nSPS) is 10.9. The average molecular weight is 233 g/mol. The van der Waals surface area contributed by atoms with E-state index in [4.69, 9.17) is 0 Å². The zero-order valence-corrected chi connectivity index (χ0v) is 10.4. The lowest BCUT2D eigenvalue weighted by Crippen LogP contribution is -2.13. The lowest BCUT2D eigenvalue weighted by molar-refractivity contribution is 0.665. The van der Waals surface area contributed by atoms with Crippen molar-refractivity contribution in [2.45, 2.75) is 26.4 Å². The standard InChI is InChI=1S/C12H19N5/c1-3-4-13-6-12-9-17(10-14-12)8-11-5-15-16(2)7-11/h5,7,9-10,13H,3-4,6,8H2,1-2H3. The molecule has 0 aliphatic carbocycles. The largest absolute Gasteiger partial charge is 0.333 e. The van der Waals surface area contributed by atoms with E-state index < -0.39 is 0 Å². The Morgan fingerprint density at radius 2 is 2.24 bits per heavy atom. The maximum absolute atomic E-state index is 4.36. The second kappa shape index (κ2) is 5.63. The predicted octanol–water partition coefficient (Wildman–Crippen LogP) is 1.16. The SMILES string of the molecule is CCCNCc1cn(Cc2cnn(C)c2)cn1. The summed E-state index contributed by atoms with van der Waals surface area (Å²) in [5, 5.41) is 7.49. The van der Waals surface area contributed by atoms with Crippen molar-refractivity contribution in [2.24, 2.45) is 7.05 Å². The van der Waals surface area contributed by atoms with Crippen LogP contribution in [0, 0.1) is 0 Å². The summed E-state index contributed by atoms with van der Waals surface area (Å²) in [6, 6.07) is 0. The van der Waals surface area contributed by atoms with Crippen molar-refractivity contribution >= 4 is 0 Å². The Morgan fingerprint density at radius 1 is 1.35 bits per heavy atom. The first-order valence-electron chi connectivity index (χ1n) is 5.97. The van der Waals surface area contributed by atoms with Gasteiger partial charge >= 0.3 is 0 Å². The molecule has 0 bridgehead atoms. The Labute approximate surface area is 101 Å². The lowest BCUT2D eigenvalue weighted by atomic mass is 10.3. The number of nitrogens with zero attached hydrogens (tertiary/aromatic N) is 4. The van der Waals surface area contributed by atoms with Crippen molar-refractivity contribution in [1.82, 2.24) is 24.6 Å². The fraction of sp³-hybridized carbons (Fsp3) is 0.500. The molecule has 0 radical (unpaired) electrons. The van der Waals surface area contributed by atoms with E-state index in [9.17, 15) is 0 Å². The zero-order valence-electron chi connectivity index (χ0n) is 10.4. The van der Waals surface area contributed by atoms with E-state index in [0.29, 0.717) is 0 Å². The van der Waals surface area contributed by atoms with Gasteiger partial charge in [0, 0.05) is 31.5 Å². The summed E-state index contributed by atoms with van der Waals surface area (Å²) in [6.07, 6.45) is 9.01. The number of rotatable bonds is 6. The molecule has 2 rings (SSSR count). The number of nitrogens with one attached hydrogen (secondary N) is 1.